The highest BCUT2D eigenvalue weighted by atomic mass is 35.5. The number of aryl methyl sites for hydroxylation is 1. The fraction of sp³-hybridized carbons (Fsp3) is 0.238. The van der Waals surface area contributed by atoms with Crippen molar-refractivity contribution in [1.82, 2.24) is 4.98 Å². The molecule has 0 saturated heterocycles. The summed E-state index contributed by atoms with van der Waals surface area (Å²) in [5, 5.41) is 3.64. The molecule has 1 N–H and O–H groups in total. The number of halogens is 1. The number of amides is 1. The molecule has 0 atom stereocenters. The molecule has 3 aromatic rings. The normalized spacial score (nSPS) is 10.5. The zero-order chi connectivity index (χ0) is 21.0. The van der Waals surface area contributed by atoms with E-state index in [-0.39, 0.29) is 5.91 Å². The molecule has 1 heterocycles. The van der Waals surface area contributed by atoms with Crippen molar-refractivity contribution in [2.45, 2.75) is 13.8 Å². The average Bonchev–Trinajstić information content (AvgIpc) is 3.09. The van der Waals surface area contributed by atoms with E-state index < -0.39 is 0 Å². The molecule has 2 aromatic carbocycles. The van der Waals surface area contributed by atoms with Crippen molar-refractivity contribution in [3.63, 3.8) is 0 Å². The SMILES string of the molecule is CCOc1c(Cl)cc(C(=O)Nc2nc(-c3ccc(OC)cc3)c(C)s2)cc1OC. The highest BCUT2D eigenvalue weighted by molar-refractivity contribution is 7.16. The lowest BCUT2D eigenvalue weighted by Gasteiger charge is -2.12. The summed E-state index contributed by atoms with van der Waals surface area (Å²) in [5.41, 5.74) is 2.12. The molecule has 0 aliphatic carbocycles. The second kappa shape index (κ2) is 9.15. The van der Waals surface area contributed by atoms with Crippen LogP contribution in [0.3, 0.4) is 0 Å². The summed E-state index contributed by atoms with van der Waals surface area (Å²) in [6, 6.07) is 10.8. The van der Waals surface area contributed by atoms with Gasteiger partial charge in [-0.15, -0.1) is 11.3 Å². The fourth-order valence-electron chi connectivity index (χ4n) is 2.77. The molecule has 29 heavy (non-hydrogen) atoms. The van der Waals surface area contributed by atoms with Gasteiger partial charge in [0.15, 0.2) is 16.6 Å². The number of nitrogens with one attached hydrogen (secondary N) is 1. The van der Waals surface area contributed by atoms with Crippen LogP contribution in [0.15, 0.2) is 36.4 Å². The predicted octanol–water partition coefficient (Wildman–Crippen LogP) is 5.44. The van der Waals surface area contributed by atoms with Gasteiger partial charge in [-0.1, -0.05) is 11.6 Å². The number of ether oxygens (including phenoxy) is 3. The standard InChI is InChI=1S/C21H21ClN2O4S/c1-5-28-19-16(22)10-14(11-17(19)27-4)20(25)24-21-23-18(12(2)29-21)13-6-8-15(26-3)9-7-13/h6-11H,5H2,1-4H3,(H,23,24,25). The summed E-state index contributed by atoms with van der Waals surface area (Å²) in [6.45, 7) is 4.25. The smallest absolute Gasteiger partial charge is 0.257 e. The van der Waals surface area contributed by atoms with Crippen LogP contribution in [0.1, 0.15) is 22.2 Å². The van der Waals surface area contributed by atoms with Crippen LogP contribution in [-0.4, -0.2) is 31.7 Å². The van der Waals surface area contributed by atoms with Gasteiger partial charge in [0.25, 0.3) is 5.91 Å². The lowest BCUT2D eigenvalue weighted by molar-refractivity contribution is 0.102. The summed E-state index contributed by atoms with van der Waals surface area (Å²) in [6.07, 6.45) is 0. The average molecular weight is 433 g/mol. The van der Waals surface area contributed by atoms with Crippen LogP contribution in [0.25, 0.3) is 11.3 Å². The highest BCUT2D eigenvalue weighted by Crippen LogP contribution is 2.37. The van der Waals surface area contributed by atoms with Crippen molar-refractivity contribution in [3.8, 4) is 28.5 Å². The first-order chi connectivity index (χ1) is 14.0. The molecular formula is C21H21ClN2O4S. The van der Waals surface area contributed by atoms with E-state index in [0.717, 1.165) is 21.9 Å². The van der Waals surface area contributed by atoms with Crippen LogP contribution in [0.5, 0.6) is 17.2 Å². The molecule has 3 rings (SSSR count). The molecule has 1 amide bonds. The number of thiazole rings is 1. The van der Waals surface area contributed by atoms with Gasteiger partial charge in [-0.05, 0) is 50.2 Å². The topological polar surface area (TPSA) is 69.7 Å². The quantitative estimate of drug-likeness (QED) is 0.538. The van der Waals surface area contributed by atoms with E-state index >= 15 is 0 Å². The van der Waals surface area contributed by atoms with Gasteiger partial charge in [0.2, 0.25) is 0 Å². The molecule has 0 spiro atoms. The van der Waals surface area contributed by atoms with E-state index in [2.05, 4.69) is 10.3 Å². The molecule has 0 fully saturated rings. The third-order valence-electron chi connectivity index (χ3n) is 4.16. The number of methoxy groups -OCH3 is 2. The second-order valence-electron chi connectivity index (χ2n) is 6.03. The number of carbonyl (C=O) groups excluding carboxylic acids is 1. The van der Waals surface area contributed by atoms with Gasteiger partial charge in [0, 0.05) is 16.0 Å². The van der Waals surface area contributed by atoms with Crippen molar-refractivity contribution in [2.24, 2.45) is 0 Å². The Morgan fingerprint density at radius 2 is 1.90 bits per heavy atom. The molecule has 0 saturated carbocycles. The minimum absolute atomic E-state index is 0.311. The molecule has 6 nitrogen and oxygen atoms in total. The van der Waals surface area contributed by atoms with Gasteiger partial charge < -0.3 is 14.2 Å². The number of anilines is 1. The van der Waals surface area contributed by atoms with Crippen molar-refractivity contribution in [3.05, 3.63) is 51.9 Å². The first-order valence-electron chi connectivity index (χ1n) is 8.90. The van der Waals surface area contributed by atoms with Gasteiger partial charge in [-0.3, -0.25) is 10.1 Å². The maximum atomic E-state index is 12.7. The summed E-state index contributed by atoms with van der Waals surface area (Å²) >= 11 is 7.67. The molecular weight excluding hydrogens is 412 g/mol. The maximum absolute atomic E-state index is 12.7. The Morgan fingerprint density at radius 3 is 2.52 bits per heavy atom. The van der Waals surface area contributed by atoms with Crippen molar-refractivity contribution < 1.29 is 19.0 Å². The van der Waals surface area contributed by atoms with Gasteiger partial charge in [-0.2, -0.15) is 0 Å². The first-order valence-corrected chi connectivity index (χ1v) is 10.1. The number of rotatable bonds is 7. The number of nitrogens with zero attached hydrogens (tertiary/aromatic N) is 1. The van der Waals surface area contributed by atoms with Crippen LogP contribution >= 0.6 is 22.9 Å². The Bertz CT molecular complexity index is 1020. The summed E-state index contributed by atoms with van der Waals surface area (Å²) < 4.78 is 16.0. The van der Waals surface area contributed by atoms with Crippen molar-refractivity contribution >= 4 is 34.0 Å². The third kappa shape index (κ3) is 4.63. The van der Waals surface area contributed by atoms with Crippen LogP contribution in [0, 0.1) is 6.92 Å². The molecule has 152 valence electrons. The van der Waals surface area contributed by atoms with Crippen LogP contribution in [0.2, 0.25) is 5.02 Å². The number of hydrogen-bond acceptors (Lipinski definition) is 6. The Hall–Kier alpha value is -2.77. The van der Waals surface area contributed by atoms with E-state index in [1.54, 1.807) is 19.2 Å². The Kier molecular flexibility index (Phi) is 6.61. The Labute approximate surface area is 178 Å². The molecule has 0 bridgehead atoms. The van der Waals surface area contributed by atoms with E-state index in [4.69, 9.17) is 25.8 Å². The van der Waals surface area contributed by atoms with E-state index in [9.17, 15) is 4.79 Å². The molecule has 0 aliphatic heterocycles. The van der Waals surface area contributed by atoms with Crippen LogP contribution in [-0.2, 0) is 0 Å². The zero-order valence-corrected chi connectivity index (χ0v) is 18.1. The van der Waals surface area contributed by atoms with Gasteiger partial charge in [0.1, 0.15) is 5.75 Å². The molecule has 1 aromatic heterocycles. The Balaban J connectivity index is 1.83. The monoisotopic (exact) mass is 432 g/mol. The van der Waals surface area contributed by atoms with Crippen LogP contribution in [0.4, 0.5) is 5.13 Å². The van der Waals surface area contributed by atoms with Gasteiger partial charge in [-0.25, -0.2) is 4.98 Å². The lowest BCUT2D eigenvalue weighted by atomic mass is 10.1. The Morgan fingerprint density at radius 1 is 1.17 bits per heavy atom. The number of benzene rings is 2. The van der Waals surface area contributed by atoms with E-state index in [1.165, 1.54) is 18.4 Å². The summed E-state index contributed by atoms with van der Waals surface area (Å²) in [7, 11) is 3.13. The zero-order valence-electron chi connectivity index (χ0n) is 16.5. The third-order valence-corrected chi connectivity index (χ3v) is 5.33. The summed E-state index contributed by atoms with van der Waals surface area (Å²) in [4.78, 5) is 18.3. The molecule has 8 heteroatoms. The molecule has 0 aliphatic rings. The number of aromatic nitrogens is 1. The largest absolute Gasteiger partial charge is 0.497 e. The predicted molar refractivity (Wildman–Crippen MR) is 116 cm³/mol. The maximum Gasteiger partial charge on any atom is 0.257 e. The number of hydrogen-bond donors (Lipinski definition) is 1. The van der Waals surface area contributed by atoms with Crippen molar-refractivity contribution in [1.29, 1.82) is 0 Å². The van der Waals surface area contributed by atoms with Gasteiger partial charge in [0.05, 0.1) is 31.5 Å². The highest BCUT2D eigenvalue weighted by Gasteiger charge is 2.18. The number of carbonyl (C=O) groups is 1. The van der Waals surface area contributed by atoms with E-state index in [0.29, 0.717) is 33.8 Å². The first kappa shape index (κ1) is 21.0. The van der Waals surface area contributed by atoms with Crippen LogP contribution < -0.4 is 19.5 Å². The van der Waals surface area contributed by atoms with E-state index in [1.807, 2.05) is 38.1 Å². The minimum atomic E-state index is -0.330. The summed E-state index contributed by atoms with van der Waals surface area (Å²) in [5.74, 6) is 1.26. The minimum Gasteiger partial charge on any atom is -0.497 e. The second-order valence-corrected chi connectivity index (χ2v) is 7.64. The molecule has 0 radical (unpaired) electrons. The fourth-order valence-corrected chi connectivity index (χ4v) is 3.87. The van der Waals surface area contributed by atoms with Crippen molar-refractivity contribution in [2.75, 3.05) is 26.1 Å². The molecule has 0 unspecified atom stereocenters. The lowest BCUT2D eigenvalue weighted by Crippen LogP contribution is -2.12. The van der Waals surface area contributed by atoms with Gasteiger partial charge >= 0.3 is 0 Å².